The number of rotatable bonds is 3. The smallest absolute Gasteiger partial charge is 0.141 e. The first-order valence-electron chi connectivity index (χ1n) is 8.73. The van der Waals surface area contributed by atoms with E-state index in [4.69, 9.17) is 4.99 Å². The molecule has 0 saturated heterocycles. The first-order valence-corrected chi connectivity index (χ1v) is 8.73. The van der Waals surface area contributed by atoms with Crippen molar-refractivity contribution in [2.24, 2.45) is 10.4 Å². The Labute approximate surface area is 145 Å². The largest absolute Gasteiger partial charge is 0.326 e. The van der Waals surface area contributed by atoms with Crippen LogP contribution in [0.3, 0.4) is 0 Å². The van der Waals surface area contributed by atoms with Crippen LogP contribution in [0.1, 0.15) is 45.2 Å². The number of hydrogen-bond acceptors (Lipinski definition) is 2. The molecule has 2 aromatic rings. The topological polar surface area (TPSA) is 15.6 Å². The Kier molecular flexibility index (Phi) is 4.57. The molecule has 0 N–H and O–H groups in total. The van der Waals surface area contributed by atoms with Gasteiger partial charge in [0.1, 0.15) is 5.84 Å². The van der Waals surface area contributed by atoms with E-state index in [0.29, 0.717) is 0 Å². The van der Waals surface area contributed by atoms with E-state index in [9.17, 15) is 0 Å². The van der Waals surface area contributed by atoms with Crippen LogP contribution in [0.4, 0.5) is 5.69 Å². The zero-order chi connectivity index (χ0) is 17.2. The molecule has 0 radical (unpaired) electrons. The van der Waals surface area contributed by atoms with Crippen LogP contribution in [0.5, 0.6) is 0 Å². The van der Waals surface area contributed by atoms with Crippen molar-refractivity contribution in [3.63, 3.8) is 0 Å². The van der Waals surface area contributed by atoms with Gasteiger partial charge in [0.05, 0.1) is 5.69 Å². The highest BCUT2D eigenvalue weighted by Gasteiger charge is 2.26. The monoisotopic (exact) mass is 318 g/mol. The summed E-state index contributed by atoms with van der Waals surface area (Å²) in [5.41, 5.74) is 4.82. The standard InChI is InChI=1S/C22H26N2/c1-5-15-24-20(16-22(2,3)4)18-13-9-10-14-19(18)23-21(24)17-11-7-6-8-12-17/h6-14,16H,5,15H2,1-4H3/b20-16-. The molecule has 2 nitrogen and oxygen atoms in total. The van der Waals surface area contributed by atoms with Gasteiger partial charge >= 0.3 is 0 Å². The molecule has 0 aliphatic carbocycles. The maximum absolute atomic E-state index is 5.00. The Morgan fingerprint density at radius 2 is 1.62 bits per heavy atom. The summed E-state index contributed by atoms with van der Waals surface area (Å²) in [6.45, 7) is 9.93. The molecular formula is C22H26N2. The Morgan fingerprint density at radius 3 is 2.29 bits per heavy atom. The van der Waals surface area contributed by atoms with Gasteiger partial charge < -0.3 is 4.90 Å². The van der Waals surface area contributed by atoms with Crippen LogP contribution in [0.25, 0.3) is 5.70 Å². The van der Waals surface area contributed by atoms with Crippen LogP contribution < -0.4 is 0 Å². The van der Waals surface area contributed by atoms with Crippen molar-refractivity contribution >= 4 is 17.2 Å². The molecule has 0 bridgehead atoms. The Bertz CT molecular complexity index is 764. The predicted octanol–water partition coefficient (Wildman–Crippen LogP) is 5.88. The molecular weight excluding hydrogens is 292 g/mol. The molecule has 1 heterocycles. The Hall–Kier alpha value is -2.35. The van der Waals surface area contributed by atoms with Gasteiger partial charge in [-0.2, -0.15) is 0 Å². The van der Waals surface area contributed by atoms with Gasteiger partial charge in [-0.1, -0.05) is 82.3 Å². The molecule has 3 rings (SSSR count). The number of fused-ring (bicyclic) bond motifs is 1. The lowest BCUT2D eigenvalue weighted by molar-refractivity contribution is 0.518. The SMILES string of the molecule is CCCN1C(c2ccccc2)=Nc2ccccc2/C1=C/C(C)(C)C. The third-order valence-electron chi connectivity index (χ3n) is 4.00. The quantitative estimate of drug-likeness (QED) is 0.690. The molecule has 2 aromatic carbocycles. The summed E-state index contributed by atoms with van der Waals surface area (Å²) < 4.78 is 0. The first kappa shape index (κ1) is 16.5. The van der Waals surface area contributed by atoms with E-state index >= 15 is 0 Å². The summed E-state index contributed by atoms with van der Waals surface area (Å²) in [7, 11) is 0. The van der Waals surface area contributed by atoms with Gasteiger partial charge in [0.2, 0.25) is 0 Å². The minimum atomic E-state index is 0.105. The Morgan fingerprint density at radius 1 is 0.958 bits per heavy atom. The minimum Gasteiger partial charge on any atom is -0.326 e. The van der Waals surface area contributed by atoms with Gasteiger partial charge in [0.25, 0.3) is 0 Å². The van der Waals surface area contributed by atoms with Gasteiger partial charge in [-0.25, -0.2) is 4.99 Å². The number of amidine groups is 1. The fourth-order valence-corrected chi connectivity index (χ4v) is 3.05. The number of nitrogens with zero attached hydrogens (tertiary/aromatic N) is 2. The maximum Gasteiger partial charge on any atom is 0.141 e. The highest BCUT2D eigenvalue weighted by molar-refractivity contribution is 6.08. The van der Waals surface area contributed by atoms with Gasteiger partial charge in [0, 0.05) is 23.4 Å². The van der Waals surface area contributed by atoms with Gasteiger partial charge in [-0.05, 0) is 17.9 Å². The van der Waals surface area contributed by atoms with Crippen molar-refractivity contribution in [1.29, 1.82) is 0 Å². The van der Waals surface area contributed by atoms with Crippen molar-refractivity contribution in [2.45, 2.75) is 34.1 Å². The van der Waals surface area contributed by atoms with Crippen LogP contribution in [0.2, 0.25) is 0 Å². The van der Waals surface area contributed by atoms with Crippen molar-refractivity contribution in [1.82, 2.24) is 4.90 Å². The van der Waals surface area contributed by atoms with Crippen LogP contribution in [0, 0.1) is 5.41 Å². The minimum absolute atomic E-state index is 0.105. The molecule has 0 fully saturated rings. The summed E-state index contributed by atoms with van der Waals surface area (Å²) in [5, 5.41) is 0. The molecule has 0 aromatic heterocycles. The highest BCUT2D eigenvalue weighted by Crippen LogP contribution is 2.37. The second-order valence-electron chi connectivity index (χ2n) is 7.37. The van der Waals surface area contributed by atoms with E-state index in [1.54, 1.807) is 0 Å². The van der Waals surface area contributed by atoms with Crippen molar-refractivity contribution < 1.29 is 0 Å². The molecule has 0 spiro atoms. The molecule has 124 valence electrons. The van der Waals surface area contributed by atoms with Crippen LogP contribution in [-0.2, 0) is 0 Å². The molecule has 0 atom stereocenters. The van der Waals surface area contributed by atoms with Gasteiger partial charge in [-0.3, -0.25) is 0 Å². The molecule has 2 heteroatoms. The molecule has 0 unspecified atom stereocenters. The summed E-state index contributed by atoms with van der Waals surface area (Å²) >= 11 is 0. The molecule has 1 aliphatic rings. The zero-order valence-electron chi connectivity index (χ0n) is 15.1. The third kappa shape index (κ3) is 3.43. The summed E-state index contributed by atoms with van der Waals surface area (Å²) in [6, 6.07) is 19.0. The van der Waals surface area contributed by atoms with Crippen LogP contribution >= 0.6 is 0 Å². The van der Waals surface area contributed by atoms with Crippen molar-refractivity contribution in [3.8, 4) is 0 Å². The highest BCUT2D eigenvalue weighted by atomic mass is 15.2. The number of para-hydroxylation sites is 1. The fraction of sp³-hybridized carbons (Fsp3) is 0.318. The molecule has 0 amide bonds. The molecule has 0 saturated carbocycles. The predicted molar refractivity (Wildman–Crippen MR) is 104 cm³/mol. The van der Waals surface area contributed by atoms with E-state index in [1.807, 2.05) is 0 Å². The number of hydrogen-bond donors (Lipinski definition) is 0. The first-order chi connectivity index (χ1) is 11.5. The summed E-state index contributed by atoms with van der Waals surface area (Å²) in [6.07, 6.45) is 3.45. The lowest BCUT2D eigenvalue weighted by Gasteiger charge is -2.34. The van der Waals surface area contributed by atoms with Crippen LogP contribution in [0.15, 0.2) is 65.7 Å². The number of aliphatic imine (C=N–C) groups is 1. The average Bonchev–Trinajstić information content (AvgIpc) is 2.56. The van der Waals surface area contributed by atoms with E-state index in [-0.39, 0.29) is 5.41 Å². The van der Waals surface area contributed by atoms with Gasteiger partial charge in [-0.15, -0.1) is 0 Å². The average molecular weight is 318 g/mol. The number of benzene rings is 2. The third-order valence-corrected chi connectivity index (χ3v) is 4.00. The van der Waals surface area contributed by atoms with Crippen LogP contribution in [-0.4, -0.2) is 17.3 Å². The number of allylic oxidation sites excluding steroid dienone is 1. The lowest BCUT2D eigenvalue weighted by atomic mass is 9.91. The fourth-order valence-electron chi connectivity index (χ4n) is 3.05. The maximum atomic E-state index is 5.00. The lowest BCUT2D eigenvalue weighted by Crippen LogP contribution is -2.34. The van der Waals surface area contributed by atoms with Crippen molar-refractivity contribution in [2.75, 3.05) is 6.54 Å². The van der Waals surface area contributed by atoms with E-state index in [1.165, 1.54) is 16.8 Å². The molecule has 1 aliphatic heterocycles. The van der Waals surface area contributed by atoms with E-state index in [2.05, 4.69) is 93.3 Å². The second kappa shape index (κ2) is 6.64. The van der Waals surface area contributed by atoms with E-state index < -0.39 is 0 Å². The van der Waals surface area contributed by atoms with E-state index in [0.717, 1.165) is 24.5 Å². The van der Waals surface area contributed by atoms with Gasteiger partial charge in [0.15, 0.2) is 0 Å². The normalized spacial score (nSPS) is 16.1. The zero-order valence-corrected chi connectivity index (χ0v) is 15.1. The second-order valence-corrected chi connectivity index (χ2v) is 7.37. The summed E-state index contributed by atoms with van der Waals surface area (Å²) in [4.78, 5) is 7.38. The Balaban J connectivity index is 2.22. The van der Waals surface area contributed by atoms with Crippen molar-refractivity contribution in [3.05, 3.63) is 71.8 Å². The summed E-state index contributed by atoms with van der Waals surface area (Å²) in [5.74, 6) is 1.05. The molecule has 24 heavy (non-hydrogen) atoms.